The molecule has 0 unspecified atom stereocenters. The van der Waals surface area contributed by atoms with Crippen molar-refractivity contribution in [1.29, 1.82) is 0 Å². The zero-order chi connectivity index (χ0) is 19.7. The van der Waals surface area contributed by atoms with Gasteiger partial charge in [0.05, 0.1) is 16.3 Å². The van der Waals surface area contributed by atoms with E-state index in [9.17, 15) is 21.4 Å². The van der Waals surface area contributed by atoms with Gasteiger partial charge in [0.25, 0.3) is 20.2 Å². The normalized spacial score (nSPS) is 12.1. The summed E-state index contributed by atoms with van der Waals surface area (Å²) >= 11 is 0. The molecule has 0 saturated carbocycles. The smallest absolute Gasteiger partial charge is 1.00 e. The third kappa shape index (κ3) is 5.26. The SMILES string of the molecule is O=S(=O)(O)c1ccc(N=Nc2ccc(-n3ncnn3)c(S(=O)(=O)O)c2)cc1.[H-].[Na+]. The van der Waals surface area contributed by atoms with E-state index in [1.807, 2.05) is 0 Å². The van der Waals surface area contributed by atoms with Crippen LogP contribution in [0.15, 0.2) is 68.8 Å². The van der Waals surface area contributed by atoms with Gasteiger partial charge in [0, 0.05) is 0 Å². The minimum atomic E-state index is -4.61. The fourth-order valence-electron chi connectivity index (χ4n) is 2.01. The monoisotopic (exact) mass is 434 g/mol. The van der Waals surface area contributed by atoms with E-state index in [1.54, 1.807) is 0 Å². The van der Waals surface area contributed by atoms with Gasteiger partial charge in [0.15, 0.2) is 6.33 Å². The summed E-state index contributed by atoms with van der Waals surface area (Å²) in [6.45, 7) is 0. The first-order valence-corrected chi connectivity index (χ1v) is 9.87. The first-order chi connectivity index (χ1) is 12.6. The number of aromatic nitrogens is 4. The Labute approximate surface area is 182 Å². The van der Waals surface area contributed by atoms with Crippen LogP contribution in [0.5, 0.6) is 0 Å². The number of benzene rings is 2. The van der Waals surface area contributed by atoms with Crippen LogP contribution in [0, 0.1) is 0 Å². The molecule has 0 aliphatic rings. The summed E-state index contributed by atoms with van der Waals surface area (Å²) in [6.07, 6.45) is 1.09. The van der Waals surface area contributed by atoms with E-state index in [0.717, 1.165) is 29.3 Å². The molecular weight excluding hydrogens is 423 g/mol. The summed E-state index contributed by atoms with van der Waals surface area (Å²) in [5, 5.41) is 18.4. The van der Waals surface area contributed by atoms with E-state index in [4.69, 9.17) is 4.55 Å². The van der Waals surface area contributed by atoms with Crippen LogP contribution in [0.3, 0.4) is 0 Å². The topological polar surface area (TPSA) is 177 Å². The van der Waals surface area contributed by atoms with Gasteiger partial charge in [-0.15, -0.1) is 15.0 Å². The molecule has 28 heavy (non-hydrogen) atoms. The molecule has 0 fully saturated rings. The van der Waals surface area contributed by atoms with E-state index < -0.39 is 25.1 Å². The summed E-state index contributed by atoms with van der Waals surface area (Å²) in [5.41, 5.74) is 0.301. The Morgan fingerprint density at radius 2 is 1.50 bits per heavy atom. The second kappa shape index (κ2) is 8.52. The Kier molecular flexibility index (Phi) is 6.76. The van der Waals surface area contributed by atoms with Gasteiger partial charge in [-0.1, -0.05) is 0 Å². The fraction of sp³-hybridized carbons (Fsp3) is 0. The third-order valence-electron chi connectivity index (χ3n) is 3.20. The standard InChI is InChI=1S/C13H10N6O6S2.Na.H/c20-26(21,22)11-4-1-9(2-5-11)16-17-10-3-6-12(19-15-8-14-18-19)13(7-10)27(23,24)25;;/h1-8H,(H,20,21,22)(H,23,24,25);;/q;+1;-1. The first kappa shape index (κ1) is 22.2. The summed E-state index contributed by atoms with van der Waals surface area (Å²) in [5.74, 6) is 0. The van der Waals surface area contributed by atoms with Gasteiger partial charge in [-0.05, 0) is 47.7 Å². The second-order valence-electron chi connectivity index (χ2n) is 5.02. The van der Waals surface area contributed by atoms with Crippen LogP contribution in [0.1, 0.15) is 1.43 Å². The zero-order valence-electron chi connectivity index (χ0n) is 15.1. The minimum Gasteiger partial charge on any atom is -1.00 e. The molecule has 0 radical (unpaired) electrons. The summed E-state index contributed by atoms with van der Waals surface area (Å²) in [4.78, 5) is 0.108. The molecule has 0 spiro atoms. The maximum atomic E-state index is 11.6. The van der Waals surface area contributed by atoms with Gasteiger partial charge in [-0.25, -0.2) is 0 Å². The quantitative estimate of drug-likeness (QED) is 0.280. The molecule has 0 aliphatic carbocycles. The Balaban J connectivity index is 0.00000210. The van der Waals surface area contributed by atoms with Crippen molar-refractivity contribution in [3.63, 3.8) is 0 Å². The predicted molar refractivity (Wildman–Crippen MR) is 90.5 cm³/mol. The van der Waals surface area contributed by atoms with E-state index in [0.29, 0.717) is 0 Å². The molecule has 142 valence electrons. The van der Waals surface area contributed by atoms with Crippen molar-refractivity contribution in [2.24, 2.45) is 10.2 Å². The molecule has 1 heterocycles. The molecular formula is C13H11N6NaO6S2. The first-order valence-electron chi connectivity index (χ1n) is 6.99. The van der Waals surface area contributed by atoms with Gasteiger partial charge in [-0.2, -0.15) is 27.1 Å². The summed E-state index contributed by atoms with van der Waals surface area (Å²) in [7, 11) is -8.93. The predicted octanol–water partition coefficient (Wildman–Crippen LogP) is -1.31. The van der Waals surface area contributed by atoms with Crippen molar-refractivity contribution in [3.8, 4) is 5.69 Å². The fourth-order valence-corrected chi connectivity index (χ4v) is 3.18. The number of hydrogen-bond donors (Lipinski definition) is 2. The maximum Gasteiger partial charge on any atom is 1.00 e. The zero-order valence-corrected chi connectivity index (χ0v) is 17.8. The van der Waals surface area contributed by atoms with Crippen LogP contribution in [0.25, 0.3) is 5.69 Å². The van der Waals surface area contributed by atoms with Crippen LogP contribution >= 0.6 is 0 Å². The molecule has 3 rings (SSSR count). The maximum absolute atomic E-state index is 11.6. The number of nitrogens with zero attached hydrogens (tertiary/aromatic N) is 6. The van der Waals surface area contributed by atoms with Gasteiger partial charge in [-0.3, -0.25) is 9.11 Å². The molecule has 0 aliphatic heterocycles. The minimum absolute atomic E-state index is 0. The van der Waals surface area contributed by atoms with Crippen LogP contribution in [0.2, 0.25) is 0 Å². The second-order valence-corrected chi connectivity index (χ2v) is 7.83. The molecule has 0 amide bonds. The Hall–Kier alpha value is -2.07. The van der Waals surface area contributed by atoms with Gasteiger partial charge < -0.3 is 1.43 Å². The molecule has 3 aromatic rings. The van der Waals surface area contributed by atoms with E-state index in [1.165, 1.54) is 24.3 Å². The average Bonchev–Trinajstić information content (AvgIpc) is 3.13. The Morgan fingerprint density at radius 1 is 0.893 bits per heavy atom. The van der Waals surface area contributed by atoms with Gasteiger partial charge in [0.1, 0.15) is 10.6 Å². The Bertz CT molecular complexity index is 1220. The van der Waals surface area contributed by atoms with Crippen LogP contribution in [-0.2, 0) is 20.2 Å². The van der Waals surface area contributed by atoms with Crippen molar-refractivity contribution < 1.29 is 56.9 Å². The molecule has 2 aromatic carbocycles. The molecule has 15 heteroatoms. The van der Waals surface area contributed by atoms with Crippen molar-refractivity contribution in [3.05, 3.63) is 48.8 Å². The van der Waals surface area contributed by atoms with Crippen molar-refractivity contribution in [2.45, 2.75) is 9.79 Å². The van der Waals surface area contributed by atoms with Crippen molar-refractivity contribution in [1.82, 2.24) is 20.2 Å². The largest absolute Gasteiger partial charge is 1.00 e. The Morgan fingerprint density at radius 3 is 2.04 bits per heavy atom. The van der Waals surface area contributed by atoms with Crippen LogP contribution in [0.4, 0.5) is 11.4 Å². The average molecular weight is 434 g/mol. The van der Waals surface area contributed by atoms with Gasteiger partial charge >= 0.3 is 29.6 Å². The molecule has 0 bridgehead atoms. The van der Waals surface area contributed by atoms with Crippen LogP contribution in [-0.4, -0.2) is 46.1 Å². The number of azo groups is 1. The van der Waals surface area contributed by atoms with E-state index in [2.05, 4.69) is 25.6 Å². The van der Waals surface area contributed by atoms with E-state index >= 15 is 0 Å². The molecule has 1 aromatic heterocycles. The third-order valence-corrected chi connectivity index (χ3v) is 4.95. The number of tetrazole rings is 1. The molecule has 0 saturated heterocycles. The molecule has 12 nitrogen and oxygen atoms in total. The van der Waals surface area contributed by atoms with Crippen molar-refractivity contribution in [2.75, 3.05) is 0 Å². The summed E-state index contributed by atoms with van der Waals surface area (Å²) < 4.78 is 63.6. The number of hydrogen-bond acceptors (Lipinski definition) is 9. The van der Waals surface area contributed by atoms with Crippen LogP contribution < -0.4 is 29.6 Å². The summed E-state index contributed by atoms with van der Waals surface area (Å²) in [6, 6.07) is 8.63. The van der Waals surface area contributed by atoms with Gasteiger partial charge in [0.2, 0.25) is 0 Å². The van der Waals surface area contributed by atoms with E-state index in [-0.39, 0.29) is 52.9 Å². The molecule has 0 atom stereocenters. The number of rotatable bonds is 5. The van der Waals surface area contributed by atoms with Crippen molar-refractivity contribution >= 4 is 31.6 Å². The molecule has 2 N–H and O–H groups in total.